The van der Waals surface area contributed by atoms with Crippen LogP contribution in [0.3, 0.4) is 0 Å². The average Bonchev–Trinajstić information content (AvgIpc) is 2.49. The molecule has 0 aliphatic rings. The topological polar surface area (TPSA) is 85.1 Å². The first kappa shape index (κ1) is 16.0. The Labute approximate surface area is 132 Å². The van der Waals surface area contributed by atoms with E-state index in [1.165, 1.54) is 24.0 Å². The highest BCUT2D eigenvalue weighted by Crippen LogP contribution is 2.32. The number of amides is 1. The van der Waals surface area contributed by atoms with Crippen LogP contribution in [0.25, 0.3) is 0 Å². The molecule has 2 aromatic rings. The number of anilines is 1. The van der Waals surface area contributed by atoms with Crippen LogP contribution >= 0.6 is 11.8 Å². The minimum absolute atomic E-state index is 0.0502. The van der Waals surface area contributed by atoms with Crippen molar-refractivity contribution in [3.63, 3.8) is 0 Å². The van der Waals surface area contributed by atoms with E-state index in [1.54, 1.807) is 6.07 Å². The molecule has 0 bridgehead atoms. The van der Waals surface area contributed by atoms with E-state index in [2.05, 4.69) is 10.3 Å². The molecule has 114 valence electrons. The van der Waals surface area contributed by atoms with Gasteiger partial charge in [0.1, 0.15) is 11.2 Å². The molecule has 1 heterocycles. The minimum Gasteiger partial charge on any atom is -0.325 e. The molecule has 1 aromatic heterocycles. The number of nitro groups is 1. The number of nitrogens with one attached hydrogen (secondary N) is 1. The second-order valence-electron chi connectivity index (χ2n) is 4.85. The molecule has 1 amide bonds. The van der Waals surface area contributed by atoms with Gasteiger partial charge in [-0.2, -0.15) is 0 Å². The summed E-state index contributed by atoms with van der Waals surface area (Å²) < 4.78 is 0. The first-order valence-electron chi connectivity index (χ1n) is 6.65. The standard InChI is InChI=1S/C15H15N3O3S/c1-10(2)15(19)17-12-5-3-4-6-13(12)22-14-8-7-11(9-16-14)18(20)21/h3-10H,1-2H3,(H,17,19). The van der Waals surface area contributed by atoms with Gasteiger partial charge in [0.25, 0.3) is 5.69 Å². The zero-order valence-electron chi connectivity index (χ0n) is 12.1. The van der Waals surface area contributed by atoms with Crippen LogP contribution in [-0.2, 0) is 4.79 Å². The van der Waals surface area contributed by atoms with Crippen LogP contribution in [0.15, 0.2) is 52.5 Å². The number of carbonyl (C=O) groups is 1. The van der Waals surface area contributed by atoms with Gasteiger partial charge < -0.3 is 5.32 Å². The third-order valence-corrected chi connectivity index (χ3v) is 3.84. The SMILES string of the molecule is CC(C)C(=O)Nc1ccccc1Sc1ccc([N+](=O)[O-])cn1. The van der Waals surface area contributed by atoms with E-state index < -0.39 is 4.92 Å². The number of pyridine rings is 1. The summed E-state index contributed by atoms with van der Waals surface area (Å²) in [7, 11) is 0. The molecular weight excluding hydrogens is 302 g/mol. The van der Waals surface area contributed by atoms with Crippen LogP contribution < -0.4 is 5.32 Å². The summed E-state index contributed by atoms with van der Waals surface area (Å²) in [6, 6.07) is 10.4. The molecule has 22 heavy (non-hydrogen) atoms. The Morgan fingerprint density at radius 1 is 1.27 bits per heavy atom. The Kier molecular flexibility index (Phi) is 5.11. The van der Waals surface area contributed by atoms with Gasteiger partial charge in [-0.3, -0.25) is 14.9 Å². The summed E-state index contributed by atoms with van der Waals surface area (Å²) in [5.74, 6) is -0.180. The van der Waals surface area contributed by atoms with E-state index in [-0.39, 0.29) is 17.5 Å². The number of carbonyl (C=O) groups excluding carboxylic acids is 1. The van der Waals surface area contributed by atoms with Gasteiger partial charge in [-0.1, -0.05) is 37.7 Å². The molecule has 0 saturated heterocycles. The molecule has 0 atom stereocenters. The van der Waals surface area contributed by atoms with Crippen LogP contribution in [0.1, 0.15) is 13.8 Å². The summed E-state index contributed by atoms with van der Waals surface area (Å²) in [6.45, 7) is 3.64. The number of nitrogens with zero attached hydrogens (tertiary/aromatic N) is 2. The Morgan fingerprint density at radius 2 is 2.00 bits per heavy atom. The zero-order chi connectivity index (χ0) is 16.1. The van der Waals surface area contributed by atoms with Gasteiger partial charge in [-0.25, -0.2) is 4.98 Å². The molecule has 7 heteroatoms. The molecule has 0 fully saturated rings. The van der Waals surface area contributed by atoms with E-state index in [0.29, 0.717) is 10.7 Å². The van der Waals surface area contributed by atoms with Crippen molar-refractivity contribution in [3.05, 3.63) is 52.7 Å². The second-order valence-corrected chi connectivity index (χ2v) is 5.92. The maximum Gasteiger partial charge on any atom is 0.287 e. The molecule has 0 unspecified atom stereocenters. The largest absolute Gasteiger partial charge is 0.325 e. The predicted molar refractivity (Wildman–Crippen MR) is 84.9 cm³/mol. The van der Waals surface area contributed by atoms with Crippen molar-refractivity contribution in [2.75, 3.05) is 5.32 Å². The Hall–Kier alpha value is -2.41. The summed E-state index contributed by atoms with van der Waals surface area (Å²) >= 11 is 1.34. The average molecular weight is 317 g/mol. The molecule has 0 aliphatic heterocycles. The number of rotatable bonds is 5. The van der Waals surface area contributed by atoms with Crippen molar-refractivity contribution in [2.24, 2.45) is 5.92 Å². The van der Waals surface area contributed by atoms with Crippen molar-refractivity contribution in [1.29, 1.82) is 0 Å². The number of benzene rings is 1. The smallest absolute Gasteiger partial charge is 0.287 e. The highest BCUT2D eigenvalue weighted by molar-refractivity contribution is 7.99. The third-order valence-electron chi connectivity index (χ3n) is 2.82. The quantitative estimate of drug-likeness (QED) is 0.670. The fourth-order valence-corrected chi connectivity index (χ4v) is 2.43. The van der Waals surface area contributed by atoms with E-state index >= 15 is 0 Å². The van der Waals surface area contributed by atoms with Crippen LogP contribution in [0.2, 0.25) is 0 Å². The summed E-state index contributed by atoms with van der Waals surface area (Å²) in [4.78, 5) is 26.8. The van der Waals surface area contributed by atoms with E-state index in [0.717, 1.165) is 4.90 Å². The fraction of sp³-hybridized carbons (Fsp3) is 0.200. The number of aromatic nitrogens is 1. The molecule has 6 nitrogen and oxygen atoms in total. The predicted octanol–water partition coefficient (Wildman–Crippen LogP) is 3.74. The number of para-hydroxylation sites is 1. The lowest BCUT2D eigenvalue weighted by Crippen LogP contribution is -2.18. The van der Waals surface area contributed by atoms with Gasteiger partial charge in [0.2, 0.25) is 5.91 Å². The minimum atomic E-state index is -0.488. The molecular formula is C15H15N3O3S. The molecule has 0 aliphatic carbocycles. The number of hydrogen-bond acceptors (Lipinski definition) is 5. The van der Waals surface area contributed by atoms with Gasteiger partial charge in [-0.05, 0) is 18.2 Å². The van der Waals surface area contributed by atoms with Crippen LogP contribution in [0.5, 0.6) is 0 Å². The van der Waals surface area contributed by atoms with Crippen LogP contribution in [0.4, 0.5) is 11.4 Å². The van der Waals surface area contributed by atoms with Crippen molar-refractivity contribution < 1.29 is 9.72 Å². The highest BCUT2D eigenvalue weighted by atomic mass is 32.2. The molecule has 0 saturated carbocycles. The first-order valence-corrected chi connectivity index (χ1v) is 7.47. The maximum absolute atomic E-state index is 11.8. The van der Waals surface area contributed by atoms with Gasteiger partial charge in [0.05, 0.1) is 10.6 Å². The van der Waals surface area contributed by atoms with Crippen LogP contribution in [0, 0.1) is 16.0 Å². The maximum atomic E-state index is 11.8. The Bertz CT molecular complexity index is 687. The Balaban J connectivity index is 2.19. The summed E-state index contributed by atoms with van der Waals surface area (Å²) in [6.07, 6.45) is 1.22. The zero-order valence-corrected chi connectivity index (χ0v) is 13.0. The van der Waals surface area contributed by atoms with E-state index in [9.17, 15) is 14.9 Å². The lowest BCUT2D eigenvalue weighted by atomic mass is 10.2. The van der Waals surface area contributed by atoms with Crippen molar-refractivity contribution in [2.45, 2.75) is 23.8 Å². The monoisotopic (exact) mass is 317 g/mol. The Morgan fingerprint density at radius 3 is 2.59 bits per heavy atom. The molecule has 0 radical (unpaired) electrons. The van der Waals surface area contributed by atoms with Gasteiger partial charge >= 0.3 is 0 Å². The molecule has 1 aromatic carbocycles. The summed E-state index contributed by atoms with van der Waals surface area (Å²) in [5, 5.41) is 14.1. The van der Waals surface area contributed by atoms with Crippen molar-refractivity contribution >= 4 is 29.0 Å². The molecule has 0 spiro atoms. The van der Waals surface area contributed by atoms with Crippen molar-refractivity contribution in [3.8, 4) is 0 Å². The highest BCUT2D eigenvalue weighted by Gasteiger charge is 2.12. The first-order chi connectivity index (χ1) is 10.5. The van der Waals surface area contributed by atoms with Crippen molar-refractivity contribution in [1.82, 2.24) is 4.98 Å². The van der Waals surface area contributed by atoms with E-state index in [1.807, 2.05) is 38.1 Å². The number of hydrogen-bond donors (Lipinski definition) is 1. The lowest BCUT2D eigenvalue weighted by Gasteiger charge is -2.11. The summed E-state index contributed by atoms with van der Waals surface area (Å²) in [5.41, 5.74) is 0.650. The van der Waals surface area contributed by atoms with E-state index in [4.69, 9.17) is 0 Å². The lowest BCUT2D eigenvalue weighted by molar-refractivity contribution is -0.385. The van der Waals surface area contributed by atoms with Gasteiger partial charge in [0.15, 0.2) is 0 Å². The molecule has 2 rings (SSSR count). The second kappa shape index (κ2) is 7.04. The third kappa shape index (κ3) is 4.05. The van der Waals surface area contributed by atoms with Gasteiger partial charge in [-0.15, -0.1) is 0 Å². The van der Waals surface area contributed by atoms with Gasteiger partial charge in [0, 0.05) is 16.9 Å². The fourth-order valence-electron chi connectivity index (χ4n) is 1.59. The van der Waals surface area contributed by atoms with Crippen LogP contribution in [-0.4, -0.2) is 15.8 Å². The normalized spacial score (nSPS) is 10.5. The molecule has 1 N–H and O–H groups in total.